The SMILES string of the molecule is Cn1cc(CC[C@@H](N)C(=O)O)c2ccccc21. The van der Waals surface area contributed by atoms with Gasteiger partial charge in [0.1, 0.15) is 6.04 Å². The van der Waals surface area contributed by atoms with Crippen molar-refractivity contribution in [1.82, 2.24) is 4.57 Å². The van der Waals surface area contributed by atoms with Gasteiger partial charge in [0.2, 0.25) is 0 Å². The fourth-order valence-electron chi connectivity index (χ4n) is 2.06. The van der Waals surface area contributed by atoms with E-state index in [1.165, 1.54) is 5.39 Å². The first-order valence-electron chi connectivity index (χ1n) is 5.61. The van der Waals surface area contributed by atoms with Gasteiger partial charge in [-0.25, -0.2) is 0 Å². The maximum atomic E-state index is 10.7. The molecule has 0 fully saturated rings. The number of hydrogen-bond donors (Lipinski definition) is 2. The van der Waals surface area contributed by atoms with Gasteiger partial charge in [-0.3, -0.25) is 4.79 Å². The van der Waals surface area contributed by atoms with Crippen LogP contribution >= 0.6 is 0 Å². The highest BCUT2D eigenvalue weighted by Gasteiger charge is 2.13. The highest BCUT2D eigenvalue weighted by atomic mass is 16.4. The van der Waals surface area contributed by atoms with Crippen LogP contribution < -0.4 is 5.73 Å². The van der Waals surface area contributed by atoms with Crippen LogP contribution in [0.2, 0.25) is 0 Å². The number of carbonyl (C=O) groups is 1. The Labute approximate surface area is 99.7 Å². The van der Waals surface area contributed by atoms with Crippen LogP contribution in [0.1, 0.15) is 12.0 Å². The third-order valence-corrected chi connectivity index (χ3v) is 3.02. The maximum Gasteiger partial charge on any atom is 0.320 e. The van der Waals surface area contributed by atoms with Gasteiger partial charge in [-0.15, -0.1) is 0 Å². The zero-order chi connectivity index (χ0) is 12.4. The zero-order valence-electron chi connectivity index (χ0n) is 9.76. The van der Waals surface area contributed by atoms with Crippen LogP contribution in [0.4, 0.5) is 0 Å². The number of aryl methyl sites for hydroxylation is 2. The lowest BCUT2D eigenvalue weighted by Gasteiger charge is -2.04. The van der Waals surface area contributed by atoms with E-state index in [2.05, 4.69) is 16.7 Å². The third kappa shape index (κ3) is 2.31. The Kier molecular flexibility index (Phi) is 3.15. The summed E-state index contributed by atoms with van der Waals surface area (Å²) in [7, 11) is 1.99. The van der Waals surface area contributed by atoms with Gasteiger partial charge in [0, 0.05) is 24.1 Å². The van der Waals surface area contributed by atoms with Crippen molar-refractivity contribution in [2.75, 3.05) is 0 Å². The Bertz CT molecular complexity index is 545. The van der Waals surface area contributed by atoms with E-state index in [1.54, 1.807) is 0 Å². The van der Waals surface area contributed by atoms with Crippen LogP contribution in [0.25, 0.3) is 10.9 Å². The van der Waals surface area contributed by atoms with Gasteiger partial charge in [0.05, 0.1) is 0 Å². The average molecular weight is 232 g/mol. The number of rotatable bonds is 4. The number of fused-ring (bicyclic) bond motifs is 1. The van der Waals surface area contributed by atoms with Crippen molar-refractivity contribution in [3.8, 4) is 0 Å². The summed E-state index contributed by atoms with van der Waals surface area (Å²) in [6, 6.07) is 7.30. The Morgan fingerprint density at radius 2 is 2.18 bits per heavy atom. The van der Waals surface area contributed by atoms with Crippen molar-refractivity contribution < 1.29 is 9.90 Å². The Hall–Kier alpha value is -1.81. The maximum absolute atomic E-state index is 10.7. The van der Waals surface area contributed by atoms with Gasteiger partial charge in [-0.1, -0.05) is 18.2 Å². The Balaban J connectivity index is 2.22. The molecule has 0 spiro atoms. The van der Waals surface area contributed by atoms with Crippen LogP contribution in [-0.2, 0) is 18.3 Å². The summed E-state index contributed by atoms with van der Waals surface area (Å²) in [5, 5.41) is 9.92. The first kappa shape index (κ1) is 11.7. The molecule has 0 aliphatic rings. The lowest BCUT2D eigenvalue weighted by molar-refractivity contribution is -0.138. The second-order valence-corrected chi connectivity index (χ2v) is 4.27. The van der Waals surface area contributed by atoms with E-state index in [4.69, 9.17) is 10.8 Å². The van der Waals surface area contributed by atoms with E-state index in [0.29, 0.717) is 12.8 Å². The molecule has 1 aromatic carbocycles. The van der Waals surface area contributed by atoms with Crippen molar-refractivity contribution in [2.45, 2.75) is 18.9 Å². The number of aromatic nitrogens is 1. The molecule has 90 valence electrons. The van der Waals surface area contributed by atoms with E-state index in [-0.39, 0.29) is 0 Å². The monoisotopic (exact) mass is 232 g/mol. The minimum Gasteiger partial charge on any atom is -0.480 e. The lowest BCUT2D eigenvalue weighted by Crippen LogP contribution is -2.30. The molecule has 0 radical (unpaired) electrons. The molecule has 2 rings (SSSR count). The highest BCUT2D eigenvalue weighted by molar-refractivity contribution is 5.84. The van der Waals surface area contributed by atoms with E-state index < -0.39 is 12.0 Å². The molecule has 0 unspecified atom stereocenters. The number of aliphatic carboxylic acids is 1. The molecule has 0 amide bonds. The number of carboxylic acids is 1. The van der Waals surface area contributed by atoms with Gasteiger partial charge in [-0.05, 0) is 24.5 Å². The van der Waals surface area contributed by atoms with Crippen molar-refractivity contribution in [1.29, 1.82) is 0 Å². The first-order chi connectivity index (χ1) is 8.09. The molecule has 1 heterocycles. The second kappa shape index (κ2) is 4.59. The summed E-state index contributed by atoms with van der Waals surface area (Å²) in [6.07, 6.45) is 3.19. The zero-order valence-corrected chi connectivity index (χ0v) is 9.76. The molecular formula is C13H16N2O2. The van der Waals surface area contributed by atoms with Gasteiger partial charge in [-0.2, -0.15) is 0 Å². The number of para-hydroxylation sites is 1. The van der Waals surface area contributed by atoms with Crippen LogP contribution in [0.3, 0.4) is 0 Å². The molecule has 0 aliphatic heterocycles. The quantitative estimate of drug-likeness (QED) is 0.839. The fraction of sp³-hybridized carbons (Fsp3) is 0.308. The molecule has 17 heavy (non-hydrogen) atoms. The summed E-state index contributed by atoms with van der Waals surface area (Å²) in [5.41, 5.74) is 7.82. The van der Waals surface area contributed by atoms with E-state index in [1.807, 2.05) is 25.4 Å². The van der Waals surface area contributed by atoms with E-state index in [9.17, 15) is 4.79 Å². The molecule has 4 heteroatoms. The number of nitrogens with zero attached hydrogens (tertiary/aromatic N) is 1. The van der Waals surface area contributed by atoms with Gasteiger partial charge in [0.25, 0.3) is 0 Å². The standard InChI is InChI=1S/C13H16N2O2/c1-15-8-9(6-7-11(14)13(16)17)10-4-2-3-5-12(10)15/h2-5,8,11H,6-7,14H2,1H3,(H,16,17)/t11-/m1/s1. The van der Waals surface area contributed by atoms with Crippen molar-refractivity contribution in [3.05, 3.63) is 36.0 Å². The van der Waals surface area contributed by atoms with Gasteiger partial charge < -0.3 is 15.4 Å². The fourth-order valence-corrected chi connectivity index (χ4v) is 2.06. The third-order valence-electron chi connectivity index (χ3n) is 3.02. The smallest absolute Gasteiger partial charge is 0.320 e. The molecule has 4 nitrogen and oxygen atoms in total. The molecule has 2 aromatic rings. The highest BCUT2D eigenvalue weighted by Crippen LogP contribution is 2.21. The second-order valence-electron chi connectivity index (χ2n) is 4.27. The van der Waals surface area contributed by atoms with Gasteiger partial charge in [0.15, 0.2) is 0 Å². The van der Waals surface area contributed by atoms with Crippen LogP contribution in [0, 0.1) is 0 Å². The molecule has 0 saturated heterocycles. The van der Waals surface area contributed by atoms with Crippen LogP contribution in [0.15, 0.2) is 30.5 Å². The largest absolute Gasteiger partial charge is 0.480 e. The molecule has 1 aromatic heterocycles. The van der Waals surface area contributed by atoms with Crippen molar-refractivity contribution in [3.63, 3.8) is 0 Å². The number of carboxylic acid groups (broad SMARTS) is 1. The topological polar surface area (TPSA) is 68.2 Å². The Morgan fingerprint density at radius 3 is 2.88 bits per heavy atom. The summed E-state index contributed by atoms with van der Waals surface area (Å²) in [6.45, 7) is 0. The summed E-state index contributed by atoms with van der Waals surface area (Å²) in [5.74, 6) is -0.940. The van der Waals surface area contributed by atoms with Gasteiger partial charge >= 0.3 is 5.97 Å². The summed E-state index contributed by atoms with van der Waals surface area (Å²) < 4.78 is 2.05. The van der Waals surface area contributed by atoms with Crippen LogP contribution in [0.5, 0.6) is 0 Å². The van der Waals surface area contributed by atoms with Crippen molar-refractivity contribution >= 4 is 16.9 Å². The summed E-state index contributed by atoms with van der Waals surface area (Å²) in [4.78, 5) is 10.7. The molecule has 0 bridgehead atoms. The predicted octanol–water partition coefficient (Wildman–Crippen LogP) is 1.52. The number of benzene rings is 1. The number of hydrogen-bond acceptors (Lipinski definition) is 2. The normalized spacial score (nSPS) is 12.8. The molecular weight excluding hydrogens is 216 g/mol. The molecule has 3 N–H and O–H groups in total. The minimum absolute atomic E-state index is 0.462. The average Bonchev–Trinajstić information content (AvgIpc) is 2.64. The number of nitrogens with two attached hydrogens (primary N) is 1. The predicted molar refractivity (Wildman–Crippen MR) is 66.9 cm³/mol. The molecule has 1 atom stereocenters. The molecule has 0 saturated carbocycles. The summed E-state index contributed by atoms with van der Waals surface area (Å²) >= 11 is 0. The van der Waals surface area contributed by atoms with E-state index in [0.717, 1.165) is 11.1 Å². The first-order valence-corrected chi connectivity index (χ1v) is 5.61. The van der Waals surface area contributed by atoms with E-state index >= 15 is 0 Å². The van der Waals surface area contributed by atoms with Crippen molar-refractivity contribution in [2.24, 2.45) is 12.8 Å². The lowest BCUT2D eigenvalue weighted by atomic mass is 10.1. The minimum atomic E-state index is -0.940. The Morgan fingerprint density at radius 1 is 1.47 bits per heavy atom. The molecule has 0 aliphatic carbocycles. The van der Waals surface area contributed by atoms with Crippen LogP contribution in [-0.4, -0.2) is 21.7 Å².